The van der Waals surface area contributed by atoms with E-state index in [9.17, 15) is 22.4 Å². The first-order valence-electron chi connectivity index (χ1n) is 9.00. The topological polar surface area (TPSA) is 62.1 Å². The average molecular weight is 477 g/mol. The van der Waals surface area contributed by atoms with E-state index in [1.54, 1.807) is 0 Å². The maximum atomic E-state index is 14.8. The molecule has 164 valence electrons. The van der Waals surface area contributed by atoms with Gasteiger partial charge in [-0.2, -0.15) is 13.2 Å². The van der Waals surface area contributed by atoms with Crippen LogP contribution in [0, 0.1) is 0 Å². The van der Waals surface area contributed by atoms with Crippen LogP contribution in [-0.4, -0.2) is 41.1 Å². The van der Waals surface area contributed by atoms with Crippen LogP contribution in [0.15, 0.2) is 47.6 Å². The van der Waals surface area contributed by atoms with E-state index in [0.717, 1.165) is 17.0 Å². The molecule has 0 radical (unpaired) electrons. The van der Waals surface area contributed by atoms with Crippen LogP contribution in [0.4, 0.5) is 22.4 Å². The summed E-state index contributed by atoms with van der Waals surface area (Å²) in [6, 6.07) is 9.23. The van der Waals surface area contributed by atoms with Gasteiger partial charge in [0.2, 0.25) is 0 Å². The summed E-state index contributed by atoms with van der Waals surface area (Å²) >= 11 is 11.8. The Morgan fingerprint density at radius 3 is 2.16 bits per heavy atom. The average Bonchev–Trinajstić information content (AvgIpc) is 3.11. The maximum Gasteiger partial charge on any atom is 0.435 e. The van der Waals surface area contributed by atoms with Gasteiger partial charge >= 0.3 is 12.3 Å². The molecule has 2 heterocycles. The van der Waals surface area contributed by atoms with Gasteiger partial charge in [-0.3, -0.25) is 0 Å². The fourth-order valence-electron chi connectivity index (χ4n) is 3.68. The number of rotatable bonds is 3. The summed E-state index contributed by atoms with van der Waals surface area (Å²) in [7, 11) is 0. The minimum Gasteiger partial charge on any atom is -0.465 e. The highest BCUT2D eigenvalue weighted by molar-refractivity contribution is 6.34. The lowest BCUT2D eigenvalue weighted by Gasteiger charge is -2.42. The van der Waals surface area contributed by atoms with E-state index in [1.165, 1.54) is 30.3 Å². The maximum absolute atomic E-state index is 14.8. The monoisotopic (exact) mass is 476 g/mol. The number of hydrogen-bond acceptors (Lipinski definition) is 3. The number of benzene rings is 2. The van der Waals surface area contributed by atoms with Crippen molar-refractivity contribution >= 4 is 35.0 Å². The molecule has 2 aromatic rings. The molecule has 1 N–H and O–H groups in total. The predicted octanol–water partition coefficient (Wildman–Crippen LogP) is 5.73. The number of oxime groups is 1. The number of halogens is 6. The molecule has 2 aliphatic rings. The zero-order valence-corrected chi connectivity index (χ0v) is 17.1. The van der Waals surface area contributed by atoms with Gasteiger partial charge in [0.1, 0.15) is 0 Å². The first-order valence-corrected chi connectivity index (χ1v) is 9.75. The number of amides is 1. The number of carbonyl (C=O) groups is 1. The highest BCUT2D eigenvalue weighted by Gasteiger charge is 2.62. The summed E-state index contributed by atoms with van der Waals surface area (Å²) in [4.78, 5) is 16.7. The minimum atomic E-state index is -4.82. The largest absolute Gasteiger partial charge is 0.465 e. The second kappa shape index (κ2) is 7.27. The van der Waals surface area contributed by atoms with Crippen molar-refractivity contribution in [1.29, 1.82) is 0 Å². The molecule has 0 spiro atoms. The summed E-state index contributed by atoms with van der Waals surface area (Å²) < 4.78 is 56.9. The highest BCUT2D eigenvalue weighted by Crippen LogP contribution is 2.49. The highest BCUT2D eigenvalue weighted by atomic mass is 35.5. The molecule has 1 unspecified atom stereocenters. The lowest BCUT2D eigenvalue weighted by atomic mass is 9.85. The SMILES string of the molecule is O=C(O)N1CC(F)(c2ccc(C3=NOC(c4cc(Cl)cc(Cl)c4)(C(F)(F)F)C3)cc2)C1. The molecule has 1 fully saturated rings. The first-order chi connectivity index (χ1) is 14.4. The zero-order chi connectivity index (χ0) is 22.6. The molecule has 5 nitrogen and oxygen atoms in total. The molecule has 0 aliphatic carbocycles. The van der Waals surface area contributed by atoms with Gasteiger partial charge in [-0.05, 0) is 29.3 Å². The third-order valence-electron chi connectivity index (χ3n) is 5.40. The van der Waals surface area contributed by atoms with Gasteiger partial charge in [-0.15, -0.1) is 0 Å². The van der Waals surface area contributed by atoms with Crippen LogP contribution in [0.2, 0.25) is 10.0 Å². The Morgan fingerprint density at radius 1 is 1.06 bits per heavy atom. The molecule has 1 amide bonds. The van der Waals surface area contributed by atoms with Crippen molar-refractivity contribution in [1.82, 2.24) is 4.90 Å². The summed E-state index contributed by atoms with van der Waals surface area (Å²) in [6.07, 6.45) is -6.66. The van der Waals surface area contributed by atoms with Crippen LogP contribution in [-0.2, 0) is 16.1 Å². The van der Waals surface area contributed by atoms with Gasteiger partial charge in [0.25, 0.3) is 5.60 Å². The Labute approximate surface area is 183 Å². The van der Waals surface area contributed by atoms with Crippen LogP contribution in [0.3, 0.4) is 0 Å². The standard InChI is InChI=1S/C20H14Cl2F4N2O3/c21-14-5-13(6-15(22)7-14)19(20(24,25)26)8-16(27-31-19)11-1-3-12(4-2-11)18(23)9-28(10-18)17(29)30/h1-7H,8-10H2,(H,29,30). The van der Waals surface area contributed by atoms with Crippen molar-refractivity contribution in [2.45, 2.75) is 23.9 Å². The number of nitrogens with zero attached hydrogens (tertiary/aromatic N) is 2. The Morgan fingerprint density at radius 2 is 1.65 bits per heavy atom. The van der Waals surface area contributed by atoms with Crippen LogP contribution >= 0.6 is 23.2 Å². The van der Waals surface area contributed by atoms with E-state index in [1.807, 2.05) is 0 Å². The van der Waals surface area contributed by atoms with Crippen molar-refractivity contribution in [3.8, 4) is 0 Å². The first kappa shape index (κ1) is 21.7. The Balaban J connectivity index is 1.59. The smallest absolute Gasteiger partial charge is 0.435 e. The van der Waals surface area contributed by atoms with Crippen molar-refractivity contribution in [3.63, 3.8) is 0 Å². The third-order valence-corrected chi connectivity index (χ3v) is 5.84. The van der Waals surface area contributed by atoms with Crippen molar-refractivity contribution in [2.75, 3.05) is 13.1 Å². The normalized spacial score (nSPS) is 22.5. The molecule has 11 heteroatoms. The van der Waals surface area contributed by atoms with Gasteiger partial charge in [-0.1, -0.05) is 52.6 Å². The summed E-state index contributed by atoms with van der Waals surface area (Å²) in [5, 5.41) is 12.6. The molecule has 0 bridgehead atoms. The summed E-state index contributed by atoms with van der Waals surface area (Å²) in [5.41, 5.74) is -4.30. The molecule has 1 saturated heterocycles. The zero-order valence-electron chi connectivity index (χ0n) is 15.6. The number of alkyl halides is 4. The van der Waals surface area contributed by atoms with Gasteiger partial charge < -0.3 is 14.8 Å². The summed E-state index contributed by atoms with van der Waals surface area (Å²) in [5.74, 6) is 0. The second-order valence-electron chi connectivity index (χ2n) is 7.47. The predicted molar refractivity (Wildman–Crippen MR) is 105 cm³/mol. The Hall–Kier alpha value is -2.52. The number of hydrogen-bond donors (Lipinski definition) is 1. The van der Waals surface area contributed by atoms with Crippen molar-refractivity contribution < 1.29 is 32.3 Å². The Bertz CT molecular complexity index is 1050. The fraction of sp³-hybridized carbons (Fsp3) is 0.300. The van der Waals surface area contributed by atoms with E-state index in [0.29, 0.717) is 5.56 Å². The third kappa shape index (κ3) is 3.70. The molecule has 2 aromatic carbocycles. The lowest BCUT2D eigenvalue weighted by molar-refractivity contribution is -0.275. The van der Waals surface area contributed by atoms with Crippen LogP contribution in [0.5, 0.6) is 0 Å². The van der Waals surface area contributed by atoms with E-state index in [2.05, 4.69) is 5.16 Å². The molecule has 0 aromatic heterocycles. The molecule has 1 atom stereocenters. The fourth-order valence-corrected chi connectivity index (χ4v) is 4.21. The van der Waals surface area contributed by atoms with Gasteiger partial charge in [0.05, 0.1) is 18.8 Å². The van der Waals surface area contributed by atoms with Crippen LogP contribution in [0.25, 0.3) is 0 Å². The van der Waals surface area contributed by atoms with E-state index >= 15 is 0 Å². The van der Waals surface area contributed by atoms with E-state index < -0.39 is 30.0 Å². The van der Waals surface area contributed by atoms with Crippen molar-refractivity contribution in [3.05, 3.63) is 69.2 Å². The van der Waals surface area contributed by atoms with Gasteiger partial charge in [0.15, 0.2) is 5.67 Å². The molecule has 0 saturated carbocycles. The second-order valence-corrected chi connectivity index (χ2v) is 8.34. The quantitative estimate of drug-likeness (QED) is 0.575. The number of carboxylic acid groups (broad SMARTS) is 1. The van der Waals surface area contributed by atoms with E-state index in [-0.39, 0.29) is 40.0 Å². The minimum absolute atomic E-state index is 0.0219. The molecule has 4 rings (SSSR count). The Kier molecular flexibility index (Phi) is 5.09. The molecule has 2 aliphatic heterocycles. The molecular formula is C20H14Cl2F4N2O3. The number of likely N-dealkylation sites (tertiary alicyclic amines) is 1. The molecular weight excluding hydrogens is 463 g/mol. The van der Waals surface area contributed by atoms with Crippen LogP contribution in [0.1, 0.15) is 23.1 Å². The van der Waals surface area contributed by atoms with Gasteiger partial charge in [-0.25, -0.2) is 9.18 Å². The lowest BCUT2D eigenvalue weighted by Crippen LogP contribution is -2.58. The van der Waals surface area contributed by atoms with Crippen LogP contribution < -0.4 is 0 Å². The molecule has 31 heavy (non-hydrogen) atoms. The van der Waals surface area contributed by atoms with E-state index in [4.69, 9.17) is 33.1 Å². The van der Waals surface area contributed by atoms with Gasteiger partial charge in [0, 0.05) is 22.0 Å². The van der Waals surface area contributed by atoms with Crippen molar-refractivity contribution in [2.24, 2.45) is 5.16 Å². The summed E-state index contributed by atoms with van der Waals surface area (Å²) in [6.45, 7) is -0.614.